The molecular weight excluding hydrogens is 407 g/mol. The van der Waals surface area contributed by atoms with E-state index in [-0.39, 0.29) is 23.5 Å². The Morgan fingerprint density at radius 2 is 2.00 bits per heavy atom. The number of ether oxygens (including phenoxy) is 1. The summed E-state index contributed by atoms with van der Waals surface area (Å²) in [6, 6.07) is 14.2. The number of nitriles is 1. The molecule has 0 bridgehead atoms. The summed E-state index contributed by atoms with van der Waals surface area (Å²) in [7, 11) is 1.65. The van der Waals surface area contributed by atoms with Gasteiger partial charge in [-0.15, -0.1) is 0 Å². The Morgan fingerprint density at radius 3 is 2.75 bits per heavy atom. The molecule has 8 heteroatoms. The van der Waals surface area contributed by atoms with Crippen molar-refractivity contribution >= 4 is 16.7 Å². The molecule has 0 amide bonds. The predicted molar refractivity (Wildman–Crippen MR) is 120 cm³/mol. The molecule has 3 heterocycles. The first-order chi connectivity index (χ1) is 15.6. The number of pyridine rings is 1. The summed E-state index contributed by atoms with van der Waals surface area (Å²) < 4.78 is 19.9. The summed E-state index contributed by atoms with van der Waals surface area (Å²) in [4.78, 5) is 14.3. The van der Waals surface area contributed by atoms with Crippen LogP contribution in [-0.4, -0.2) is 47.3 Å². The Labute approximate surface area is 184 Å². The lowest BCUT2D eigenvalue weighted by molar-refractivity contribution is 0.108. The molecule has 160 valence electrons. The Kier molecular flexibility index (Phi) is 5.05. The highest BCUT2D eigenvalue weighted by molar-refractivity contribution is 5.91. The highest BCUT2D eigenvalue weighted by Gasteiger charge is 2.33. The number of aromatic nitrogens is 3. The van der Waals surface area contributed by atoms with Crippen LogP contribution >= 0.6 is 0 Å². The fourth-order valence-electron chi connectivity index (χ4n) is 4.29. The van der Waals surface area contributed by atoms with E-state index < -0.39 is 0 Å². The van der Waals surface area contributed by atoms with Gasteiger partial charge in [0.15, 0.2) is 5.82 Å². The Bertz CT molecular complexity index is 1340. The second kappa shape index (κ2) is 8.04. The summed E-state index contributed by atoms with van der Waals surface area (Å²) in [6.07, 6.45) is 3.36. The summed E-state index contributed by atoms with van der Waals surface area (Å²) in [6.45, 7) is 1.17. The van der Waals surface area contributed by atoms with Crippen molar-refractivity contribution in [1.29, 1.82) is 5.26 Å². The maximum atomic E-state index is 14.3. The van der Waals surface area contributed by atoms with Gasteiger partial charge in [-0.1, -0.05) is 18.2 Å². The molecule has 0 aliphatic carbocycles. The van der Waals surface area contributed by atoms with Crippen LogP contribution < -0.4 is 10.6 Å². The molecule has 2 atom stereocenters. The van der Waals surface area contributed by atoms with Gasteiger partial charge >= 0.3 is 0 Å². The van der Waals surface area contributed by atoms with E-state index >= 15 is 0 Å². The van der Waals surface area contributed by atoms with Crippen molar-refractivity contribution in [2.75, 3.05) is 25.1 Å². The van der Waals surface area contributed by atoms with E-state index in [1.165, 1.54) is 6.07 Å². The first-order valence-electron chi connectivity index (χ1n) is 10.3. The zero-order valence-corrected chi connectivity index (χ0v) is 17.4. The number of nitrogens with two attached hydrogens (primary N) is 1. The van der Waals surface area contributed by atoms with Gasteiger partial charge < -0.3 is 20.4 Å². The number of halogens is 1. The number of nitrogens with one attached hydrogen (secondary N) is 1. The lowest BCUT2D eigenvalue weighted by atomic mass is 10.00. The van der Waals surface area contributed by atoms with Crippen LogP contribution in [0.5, 0.6) is 0 Å². The van der Waals surface area contributed by atoms with Crippen LogP contribution in [0.4, 0.5) is 10.1 Å². The Balaban J connectivity index is 1.73. The normalized spacial score (nSPS) is 18.2. The second-order valence-electron chi connectivity index (χ2n) is 7.84. The lowest BCUT2D eigenvalue weighted by Crippen LogP contribution is -2.34. The minimum atomic E-state index is -0.389. The van der Waals surface area contributed by atoms with E-state index in [0.29, 0.717) is 30.0 Å². The van der Waals surface area contributed by atoms with Gasteiger partial charge in [-0.25, -0.2) is 9.37 Å². The molecule has 3 N–H and O–H groups in total. The Hall–Kier alpha value is -3.80. The van der Waals surface area contributed by atoms with E-state index in [2.05, 4.69) is 25.9 Å². The number of fused-ring (bicyclic) bond motifs is 1. The number of aromatic amines is 1. The number of anilines is 1. The molecule has 5 rings (SSSR count). The van der Waals surface area contributed by atoms with Crippen molar-refractivity contribution in [3.63, 3.8) is 0 Å². The number of H-pyrrole nitrogens is 1. The standard InChI is InChI=1S/C24H21FN6O/c1-32-21-13-31(12-19(21)27)23-16(15-5-2-4-14(8-15)9-26)10-28-11-17(23)24-29-20-7-3-6-18(25)22(20)30-24/h2-8,10-11,19,21H,12-13,27H2,1H3,(H,29,30)/t19-,21-/m1/s1. The van der Waals surface area contributed by atoms with E-state index in [9.17, 15) is 9.65 Å². The van der Waals surface area contributed by atoms with Crippen LogP contribution in [-0.2, 0) is 4.74 Å². The third kappa shape index (κ3) is 3.38. The highest BCUT2D eigenvalue weighted by Crippen LogP contribution is 2.40. The number of methoxy groups -OCH3 is 1. The monoisotopic (exact) mass is 428 g/mol. The molecule has 4 aromatic rings. The highest BCUT2D eigenvalue weighted by atomic mass is 19.1. The molecule has 0 unspecified atom stereocenters. The van der Waals surface area contributed by atoms with Crippen LogP contribution in [0.1, 0.15) is 5.56 Å². The van der Waals surface area contributed by atoms with Crippen LogP contribution in [0, 0.1) is 17.1 Å². The van der Waals surface area contributed by atoms with Crippen LogP contribution in [0.3, 0.4) is 0 Å². The summed E-state index contributed by atoms with van der Waals surface area (Å²) in [5.41, 5.74) is 11.0. The zero-order valence-electron chi connectivity index (χ0n) is 17.4. The maximum absolute atomic E-state index is 14.3. The molecule has 32 heavy (non-hydrogen) atoms. The van der Waals surface area contributed by atoms with E-state index in [4.69, 9.17) is 10.5 Å². The van der Waals surface area contributed by atoms with E-state index in [1.807, 2.05) is 18.2 Å². The van der Waals surface area contributed by atoms with Gasteiger partial charge in [0.25, 0.3) is 0 Å². The van der Waals surface area contributed by atoms with Crippen LogP contribution in [0.2, 0.25) is 0 Å². The maximum Gasteiger partial charge on any atom is 0.151 e. The number of hydrogen-bond donors (Lipinski definition) is 2. The molecule has 2 aromatic heterocycles. The molecule has 0 saturated carbocycles. The quantitative estimate of drug-likeness (QED) is 0.516. The van der Waals surface area contributed by atoms with E-state index in [1.54, 1.807) is 37.7 Å². The van der Waals surface area contributed by atoms with Crippen molar-refractivity contribution < 1.29 is 9.13 Å². The zero-order chi connectivity index (χ0) is 22.2. The van der Waals surface area contributed by atoms with Gasteiger partial charge in [0.2, 0.25) is 0 Å². The minimum absolute atomic E-state index is 0.123. The summed E-state index contributed by atoms with van der Waals surface area (Å²) in [5.74, 6) is 0.125. The molecule has 7 nitrogen and oxygen atoms in total. The molecule has 1 saturated heterocycles. The van der Waals surface area contributed by atoms with E-state index in [0.717, 1.165) is 22.4 Å². The molecule has 1 fully saturated rings. The molecule has 0 spiro atoms. The second-order valence-corrected chi connectivity index (χ2v) is 7.84. The largest absolute Gasteiger partial charge is 0.378 e. The number of para-hydroxylation sites is 1. The molecule has 1 aliphatic heterocycles. The van der Waals surface area contributed by atoms with Crippen molar-refractivity contribution in [2.24, 2.45) is 5.73 Å². The molecule has 1 aliphatic rings. The number of hydrogen-bond acceptors (Lipinski definition) is 6. The number of benzene rings is 2. The average molecular weight is 428 g/mol. The van der Waals surface area contributed by atoms with Gasteiger partial charge in [-0.05, 0) is 29.8 Å². The smallest absolute Gasteiger partial charge is 0.151 e. The van der Waals surface area contributed by atoms with Gasteiger partial charge in [0.1, 0.15) is 11.3 Å². The van der Waals surface area contributed by atoms with Crippen LogP contribution in [0.25, 0.3) is 33.5 Å². The van der Waals surface area contributed by atoms with Gasteiger partial charge in [0.05, 0.1) is 40.5 Å². The van der Waals surface area contributed by atoms with Crippen molar-refractivity contribution in [3.05, 3.63) is 66.2 Å². The third-order valence-corrected chi connectivity index (χ3v) is 5.87. The SMILES string of the molecule is CO[C@@H]1CN(c2c(-c3cccc(C#N)c3)cncc2-c2nc3c(F)cccc3[nH]2)C[C@H]1N. The number of imidazole rings is 1. The van der Waals surface area contributed by atoms with Gasteiger partial charge in [-0.2, -0.15) is 5.26 Å². The molecule has 2 aromatic carbocycles. The average Bonchev–Trinajstić information content (AvgIpc) is 3.42. The number of nitrogens with zero attached hydrogens (tertiary/aromatic N) is 4. The first-order valence-corrected chi connectivity index (χ1v) is 10.3. The molecule has 0 radical (unpaired) electrons. The Morgan fingerprint density at radius 1 is 1.19 bits per heavy atom. The lowest BCUT2D eigenvalue weighted by Gasteiger charge is -2.24. The minimum Gasteiger partial charge on any atom is -0.378 e. The summed E-state index contributed by atoms with van der Waals surface area (Å²) in [5, 5.41) is 9.37. The van der Waals surface area contributed by atoms with Gasteiger partial charge in [-0.3, -0.25) is 4.98 Å². The third-order valence-electron chi connectivity index (χ3n) is 5.87. The molecular formula is C24H21FN6O. The first kappa shape index (κ1) is 20.1. The van der Waals surface area contributed by atoms with Gasteiger partial charge in [0, 0.05) is 38.2 Å². The summed E-state index contributed by atoms with van der Waals surface area (Å²) >= 11 is 0. The number of rotatable bonds is 4. The van der Waals surface area contributed by atoms with Crippen molar-refractivity contribution in [2.45, 2.75) is 12.1 Å². The fraction of sp³-hybridized carbons (Fsp3) is 0.208. The fourth-order valence-corrected chi connectivity index (χ4v) is 4.29. The topological polar surface area (TPSA) is 104 Å². The predicted octanol–water partition coefficient (Wildman–Crippen LogP) is 3.46. The van der Waals surface area contributed by atoms with Crippen molar-refractivity contribution in [1.82, 2.24) is 15.0 Å². The van der Waals surface area contributed by atoms with Crippen LogP contribution in [0.15, 0.2) is 54.9 Å². The van der Waals surface area contributed by atoms with Crippen molar-refractivity contribution in [3.8, 4) is 28.6 Å².